The van der Waals surface area contributed by atoms with Crippen LogP contribution in [-0.4, -0.2) is 27.3 Å². The molecule has 0 unspecified atom stereocenters. The Morgan fingerprint density at radius 2 is 2.00 bits per heavy atom. The lowest BCUT2D eigenvalue weighted by atomic mass is 10.9. The molecule has 0 radical (unpaired) electrons. The lowest BCUT2D eigenvalue weighted by Gasteiger charge is -1.97. The number of hydrogen-bond acceptors (Lipinski definition) is 3. The number of aliphatic hydroxyl groups excluding tert-OH is 1. The van der Waals surface area contributed by atoms with Crippen LogP contribution in [0.1, 0.15) is 0 Å². The van der Waals surface area contributed by atoms with Crippen LogP contribution in [0.15, 0.2) is 0 Å². The molecule has 8 heavy (non-hydrogen) atoms. The molecule has 0 bridgehead atoms. The largest absolute Gasteiger partial charge is 0.396 e. The Morgan fingerprint density at radius 1 is 1.50 bits per heavy atom. The van der Waals surface area contributed by atoms with E-state index >= 15 is 0 Å². The maximum absolute atomic E-state index is 9.94. The first-order valence-corrected chi connectivity index (χ1v) is 5.07. The number of aliphatic hydroxyl groups is 1. The zero-order chi connectivity index (χ0) is 6.62. The van der Waals surface area contributed by atoms with E-state index in [0.29, 0.717) is 11.4 Å². The van der Waals surface area contributed by atoms with Crippen molar-refractivity contribution in [2.75, 3.05) is 12.4 Å². The fourth-order valence-corrected chi connectivity index (χ4v) is 1.44. The highest BCUT2D eigenvalue weighted by atomic mass is 32.7. The highest BCUT2D eigenvalue weighted by Gasteiger charge is 2.11. The third-order valence-electron chi connectivity index (χ3n) is 0.351. The molecule has 0 spiro atoms. The first-order valence-electron chi connectivity index (χ1n) is 1.87. The first-order chi connectivity index (χ1) is 3.56. The average molecular weight is 158 g/mol. The van der Waals surface area contributed by atoms with Gasteiger partial charge in [0.05, 0.1) is 6.61 Å². The minimum atomic E-state index is -3.93. The van der Waals surface area contributed by atoms with Gasteiger partial charge in [-0.15, -0.1) is 0 Å². The Balaban J connectivity index is 3.26. The molecule has 3 N–H and O–H groups in total. The molecule has 0 rings (SSSR count). The summed E-state index contributed by atoms with van der Waals surface area (Å²) >= 11 is 0.450. The molecule has 0 aromatic rings. The van der Waals surface area contributed by atoms with Crippen LogP contribution in [0.5, 0.6) is 0 Å². The summed E-state index contributed by atoms with van der Waals surface area (Å²) in [5, 5.41) is 8.07. The molecule has 0 saturated carbocycles. The van der Waals surface area contributed by atoms with Crippen LogP contribution in [0.2, 0.25) is 0 Å². The molecule has 0 fully saturated rings. The van der Waals surface area contributed by atoms with Gasteiger partial charge in [-0.2, -0.15) is 0 Å². The van der Waals surface area contributed by atoms with Crippen molar-refractivity contribution >= 4 is 18.2 Å². The van der Waals surface area contributed by atoms with Crippen LogP contribution >= 0.6 is 18.2 Å². The molecule has 0 aromatic heterocycles. The minimum absolute atomic E-state index is 0.0876. The molecule has 4 nitrogen and oxygen atoms in total. The number of rotatable bonds is 3. The second-order valence-corrected chi connectivity index (χ2v) is 4.90. The second kappa shape index (κ2) is 3.48. The van der Waals surface area contributed by atoms with Crippen molar-refractivity contribution in [2.45, 2.75) is 0 Å². The molecule has 0 amide bonds. The van der Waals surface area contributed by atoms with E-state index < -0.39 is 6.80 Å². The summed E-state index contributed by atoms with van der Waals surface area (Å²) in [6.45, 7) is -4.12. The fourth-order valence-electron chi connectivity index (χ4n) is 0.160. The van der Waals surface area contributed by atoms with Gasteiger partial charge in [0.15, 0.2) is 0 Å². The van der Waals surface area contributed by atoms with E-state index in [4.69, 9.17) is 14.9 Å². The summed E-state index contributed by atoms with van der Waals surface area (Å²) < 4.78 is 9.94. The van der Waals surface area contributed by atoms with Crippen LogP contribution in [0.4, 0.5) is 0 Å². The topological polar surface area (TPSA) is 77.8 Å². The molecule has 0 aliphatic heterocycles. The zero-order valence-electron chi connectivity index (χ0n) is 4.02. The zero-order valence-corrected chi connectivity index (χ0v) is 5.73. The predicted octanol–water partition coefficient (Wildman–Crippen LogP) is -0.195. The summed E-state index contributed by atoms with van der Waals surface area (Å²) in [4.78, 5) is 16.2. The van der Waals surface area contributed by atoms with Crippen molar-refractivity contribution in [2.24, 2.45) is 0 Å². The van der Waals surface area contributed by atoms with Crippen molar-refractivity contribution in [3.63, 3.8) is 0 Å². The SMILES string of the molecule is O=P(O)(O)SCCO. The van der Waals surface area contributed by atoms with Crippen LogP contribution < -0.4 is 0 Å². The Hall–Kier alpha value is 0.460. The maximum atomic E-state index is 9.94. The summed E-state index contributed by atoms with van der Waals surface area (Å²) in [6.07, 6.45) is 0. The molecule has 6 heteroatoms. The van der Waals surface area contributed by atoms with Crippen molar-refractivity contribution in [3.05, 3.63) is 0 Å². The Bertz CT molecular complexity index is 98.2. The van der Waals surface area contributed by atoms with Crippen molar-refractivity contribution < 1.29 is 19.5 Å². The first kappa shape index (κ1) is 8.46. The summed E-state index contributed by atoms with van der Waals surface area (Å²) in [6, 6.07) is 0. The minimum Gasteiger partial charge on any atom is -0.396 e. The third kappa shape index (κ3) is 6.46. The van der Waals surface area contributed by atoms with Crippen LogP contribution in [0.25, 0.3) is 0 Å². The quantitative estimate of drug-likeness (QED) is 0.496. The summed E-state index contributed by atoms with van der Waals surface area (Å²) in [5.74, 6) is 0.0876. The molecular formula is C2H7O4PS. The lowest BCUT2D eigenvalue weighted by molar-refractivity contribution is 0.322. The maximum Gasteiger partial charge on any atom is 0.384 e. The predicted molar refractivity (Wildman–Crippen MR) is 31.6 cm³/mol. The average Bonchev–Trinajstić information content (AvgIpc) is 1.59. The Labute approximate surface area is 50.8 Å². The van der Waals surface area contributed by atoms with Crippen molar-refractivity contribution in [1.29, 1.82) is 0 Å². The van der Waals surface area contributed by atoms with Crippen molar-refractivity contribution in [1.82, 2.24) is 0 Å². The van der Waals surface area contributed by atoms with E-state index in [1.54, 1.807) is 0 Å². The van der Waals surface area contributed by atoms with Crippen LogP contribution in [-0.2, 0) is 4.57 Å². The van der Waals surface area contributed by atoms with E-state index in [1.807, 2.05) is 0 Å². The standard InChI is InChI=1S/C2H7O4PS/c3-1-2-8-7(4,5)6/h3H,1-2H2,(H2,4,5,6). The van der Waals surface area contributed by atoms with Gasteiger partial charge < -0.3 is 14.9 Å². The van der Waals surface area contributed by atoms with Crippen LogP contribution in [0.3, 0.4) is 0 Å². The molecule has 0 aliphatic rings. The lowest BCUT2D eigenvalue weighted by Crippen LogP contribution is -1.84. The van der Waals surface area contributed by atoms with Gasteiger partial charge >= 0.3 is 6.80 Å². The summed E-state index contributed by atoms with van der Waals surface area (Å²) in [7, 11) is 0. The molecule has 0 heterocycles. The molecule has 0 saturated heterocycles. The fraction of sp³-hybridized carbons (Fsp3) is 1.00. The van der Waals surface area contributed by atoms with E-state index in [0.717, 1.165) is 0 Å². The normalized spacial score (nSPS) is 11.9. The number of hydrogen-bond donors (Lipinski definition) is 3. The van der Waals surface area contributed by atoms with Gasteiger partial charge in [-0.25, -0.2) is 4.57 Å². The molecular weight excluding hydrogens is 151 g/mol. The van der Waals surface area contributed by atoms with Gasteiger partial charge in [-0.3, -0.25) is 0 Å². The second-order valence-electron chi connectivity index (χ2n) is 1.05. The van der Waals surface area contributed by atoms with Crippen LogP contribution in [0, 0.1) is 0 Å². The van der Waals surface area contributed by atoms with E-state index in [9.17, 15) is 4.57 Å². The smallest absolute Gasteiger partial charge is 0.384 e. The van der Waals surface area contributed by atoms with E-state index in [1.165, 1.54) is 0 Å². The van der Waals surface area contributed by atoms with Gasteiger partial charge in [0, 0.05) is 5.75 Å². The van der Waals surface area contributed by atoms with E-state index in [-0.39, 0.29) is 12.4 Å². The van der Waals surface area contributed by atoms with Gasteiger partial charge in [-0.05, 0) is 11.4 Å². The highest BCUT2D eigenvalue weighted by Crippen LogP contribution is 2.49. The van der Waals surface area contributed by atoms with Gasteiger partial charge in [0.2, 0.25) is 0 Å². The van der Waals surface area contributed by atoms with Crippen molar-refractivity contribution in [3.8, 4) is 0 Å². The monoisotopic (exact) mass is 158 g/mol. The van der Waals surface area contributed by atoms with Gasteiger partial charge in [0.1, 0.15) is 0 Å². The third-order valence-corrected chi connectivity index (χ3v) is 2.61. The molecule has 0 aliphatic carbocycles. The molecule has 50 valence electrons. The Kier molecular flexibility index (Phi) is 3.68. The van der Waals surface area contributed by atoms with E-state index in [2.05, 4.69) is 0 Å². The summed E-state index contributed by atoms with van der Waals surface area (Å²) in [5.41, 5.74) is 0. The highest BCUT2D eigenvalue weighted by molar-refractivity contribution is 8.54. The van der Waals surface area contributed by atoms with Gasteiger partial charge in [-0.1, -0.05) is 0 Å². The van der Waals surface area contributed by atoms with Gasteiger partial charge in [0.25, 0.3) is 0 Å². The molecule has 0 aromatic carbocycles. The Morgan fingerprint density at radius 3 is 2.12 bits per heavy atom. The molecule has 0 atom stereocenters.